The quantitative estimate of drug-likeness (QED) is 0.613. The Balaban J connectivity index is 1.44. The Labute approximate surface area is 173 Å². The Kier molecular flexibility index (Phi) is 5.44. The fraction of sp³-hybridized carbons (Fsp3) is 0.333. The van der Waals surface area contributed by atoms with Crippen molar-refractivity contribution in [3.05, 3.63) is 57.0 Å². The van der Waals surface area contributed by atoms with Crippen molar-refractivity contribution in [3.63, 3.8) is 0 Å². The number of benzene rings is 1. The van der Waals surface area contributed by atoms with Crippen LogP contribution in [0.15, 0.2) is 30.3 Å². The van der Waals surface area contributed by atoms with E-state index in [1.807, 2.05) is 37.3 Å². The molecule has 0 saturated heterocycles. The average molecular weight is 410 g/mol. The van der Waals surface area contributed by atoms with Crippen LogP contribution < -0.4 is 11.1 Å². The molecule has 0 aliphatic heterocycles. The summed E-state index contributed by atoms with van der Waals surface area (Å²) in [5, 5.41) is 3.13. The number of rotatable bonds is 5. The molecule has 8 heteroatoms. The van der Waals surface area contributed by atoms with Crippen LogP contribution in [0.4, 0.5) is 17.6 Å². The second-order valence-corrected chi connectivity index (χ2v) is 8.49. The van der Waals surface area contributed by atoms with Gasteiger partial charge >= 0.3 is 5.97 Å². The van der Waals surface area contributed by atoms with E-state index in [0.29, 0.717) is 22.6 Å². The number of aromatic nitrogens is 3. The number of nitrogen functional groups attached to an aromatic ring is 1. The number of thiophene rings is 1. The van der Waals surface area contributed by atoms with Crippen LogP contribution in [0.1, 0.15) is 44.8 Å². The van der Waals surface area contributed by atoms with Gasteiger partial charge in [0.1, 0.15) is 4.88 Å². The zero-order valence-corrected chi connectivity index (χ0v) is 17.3. The first-order chi connectivity index (χ1) is 14.0. The molecule has 0 fully saturated rings. The van der Waals surface area contributed by atoms with Crippen molar-refractivity contribution < 1.29 is 9.53 Å². The Bertz CT molecular complexity index is 1050. The largest absolute Gasteiger partial charge is 0.453 e. The number of esters is 1. The molecule has 0 spiro atoms. The first kappa shape index (κ1) is 19.3. The monoisotopic (exact) mass is 409 g/mol. The normalized spacial score (nSPS) is 15.6. The molecule has 2 heterocycles. The number of aryl methyl sites for hydroxylation is 2. The van der Waals surface area contributed by atoms with Crippen molar-refractivity contribution >= 4 is 34.9 Å². The fourth-order valence-corrected chi connectivity index (χ4v) is 4.50. The van der Waals surface area contributed by atoms with Crippen LogP contribution in [0.3, 0.4) is 0 Å². The van der Waals surface area contributed by atoms with Gasteiger partial charge in [0.2, 0.25) is 11.9 Å². The summed E-state index contributed by atoms with van der Waals surface area (Å²) >= 11 is 1.53. The lowest BCUT2D eigenvalue weighted by atomic mass is 9.90. The van der Waals surface area contributed by atoms with Gasteiger partial charge in [-0.3, -0.25) is 0 Å². The summed E-state index contributed by atoms with van der Waals surface area (Å²) in [5.41, 5.74) is 9.01. The zero-order valence-electron chi connectivity index (χ0n) is 16.4. The lowest BCUT2D eigenvalue weighted by Crippen LogP contribution is -2.11. The first-order valence-electron chi connectivity index (χ1n) is 9.59. The summed E-state index contributed by atoms with van der Waals surface area (Å²) < 4.78 is 5.44. The standard InChI is InChI=1S/C21H23N5O2S/c1-12-7-8-16-14(9-12)10-17(29-16)19(27)28-11-18-24-20(22)26-21(25-18)23-15-6-4-3-5-13(15)2/h3-6,10,12H,7-9,11H2,1-2H3,(H3,22,23,24,25,26)/t12-/m1/s1. The number of fused-ring (bicyclic) bond motifs is 1. The van der Waals surface area contributed by atoms with Crippen molar-refractivity contribution in [3.8, 4) is 0 Å². The van der Waals surface area contributed by atoms with Gasteiger partial charge in [-0.15, -0.1) is 11.3 Å². The second-order valence-electron chi connectivity index (χ2n) is 7.36. The number of ether oxygens (including phenoxy) is 1. The molecule has 7 nitrogen and oxygen atoms in total. The number of nitrogens with zero attached hydrogens (tertiary/aromatic N) is 3. The highest BCUT2D eigenvalue weighted by Crippen LogP contribution is 2.32. The van der Waals surface area contributed by atoms with Gasteiger partial charge in [-0.1, -0.05) is 25.1 Å². The third-order valence-electron chi connectivity index (χ3n) is 4.95. The maximum atomic E-state index is 12.5. The summed E-state index contributed by atoms with van der Waals surface area (Å²) in [6.07, 6.45) is 3.23. The molecule has 1 atom stereocenters. The van der Waals surface area contributed by atoms with E-state index >= 15 is 0 Å². The van der Waals surface area contributed by atoms with Crippen molar-refractivity contribution in [2.45, 2.75) is 39.7 Å². The summed E-state index contributed by atoms with van der Waals surface area (Å²) in [6.45, 7) is 4.16. The molecule has 0 amide bonds. The number of nitrogens with one attached hydrogen (secondary N) is 1. The lowest BCUT2D eigenvalue weighted by molar-refractivity contribution is 0.0468. The Morgan fingerprint density at radius 1 is 1.31 bits per heavy atom. The minimum absolute atomic E-state index is 0.0625. The number of anilines is 3. The van der Waals surface area contributed by atoms with Crippen molar-refractivity contribution in [2.24, 2.45) is 5.92 Å². The van der Waals surface area contributed by atoms with E-state index in [-0.39, 0.29) is 18.5 Å². The number of hydrogen-bond acceptors (Lipinski definition) is 8. The van der Waals surface area contributed by atoms with Crippen LogP contribution >= 0.6 is 11.3 Å². The van der Waals surface area contributed by atoms with Crippen molar-refractivity contribution in [1.82, 2.24) is 15.0 Å². The van der Waals surface area contributed by atoms with Gasteiger partial charge in [-0.25, -0.2) is 4.79 Å². The predicted octanol–water partition coefficient (Wildman–Crippen LogP) is 4.05. The first-order valence-corrected chi connectivity index (χ1v) is 10.4. The van der Waals surface area contributed by atoms with Crippen molar-refractivity contribution in [2.75, 3.05) is 11.1 Å². The van der Waals surface area contributed by atoms with Gasteiger partial charge in [0.15, 0.2) is 12.4 Å². The van der Waals surface area contributed by atoms with Crippen LogP contribution in [0.5, 0.6) is 0 Å². The summed E-state index contributed by atoms with van der Waals surface area (Å²) in [7, 11) is 0. The van der Waals surface area contributed by atoms with Gasteiger partial charge in [-0.2, -0.15) is 15.0 Å². The summed E-state index contributed by atoms with van der Waals surface area (Å²) in [5.74, 6) is 0.996. The smallest absolute Gasteiger partial charge is 0.348 e. The van der Waals surface area contributed by atoms with E-state index in [1.54, 1.807) is 0 Å². The van der Waals surface area contributed by atoms with Gasteiger partial charge in [0, 0.05) is 10.6 Å². The van der Waals surface area contributed by atoms with Crippen molar-refractivity contribution in [1.29, 1.82) is 0 Å². The highest BCUT2D eigenvalue weighted by Gasteiger charge is 2.21. The molecule has 150 valence electrons. The number of carbonyl (C=O) groups excluding carboxylic acids is 1. The van der Waals surface area contributed by atoms with E-state index in [1.165, 1.54) is 28.2 Å². The third-order valence-corrected chi connectivity index (χ3v) is 6.17. The number of nitrogens with two attached hydrogens (primary N) is 1. The van der Waals surface area contributed by atoms with Crippen LogP contribution in [-0.2, 0) is 24.2 Å². The molecule has 0 unspecified atom stereocenters. The Morgan fingerprint density at radius 2 is 2.14 bits per heavy atom. The SMILES string of the molecule is Cc1ccccc1Nc1nc(N)nc(COC(=O)c2cc3c(s2)CC[C@@H](C)C3)n1. The van der Waals surface area contributed by atoms with Gasteiger partial charge < -0.3 is 15.8 Å². The molecule has 2 aromatic heterocycles. The van der Waals surface area contributed by atoms with Crippen LogP contribution in [0.2, 0.25) is 0 Å². The maximum Gasteiger partial charge on any atom is 0.348 e. The fourth-order valence-electron chi connectivity index (χ4n) is 3.40. The number of hydrogen-bond donors (Lipinski definition) is 2. The molecule has 0 radical (unpaired) electrons. The minimum Gasteiger partial charge on any atom is -0.453 e. The van der Waals surface area contributed by atoms with Crippen LogP contribution in [0.25, 0.3) is 0 Å². The minimum atomic E-state index is -0.357. The average Bonchev–Trinajstić information content (AvgIpc) is 3.11. The van der Waals surface area contributed by atoms with E-state index in [2.05, 4.69) is 27.2 Å². The lowest BCUT2D eigenvalue weighted by Gasteiger charge is -2.16. The molecule has 0 saturated carbocycles. The van der Waals surface area contributed by atoms with Crippen LogP contribution in [0, 0.1) is 12.8 Å². The molecule has 3 aromatic rings. The maximum absolute atomic E-state index is 12.5. The van der Waals surface area contributed by atoms with E-state index < -0.39 is 0 Å². The molecule has 0 bridgehead atoms. The molecule has 3 N–H and O–H groups in total. The topological polar surface area (TPSA) is 103 Å². The molecule has 1 aliphatic rings. The molecule has 4 rings (SSSR count). The molecule has 29 heavy (non-hydrogen) atoms. The molecular formula is C21H23N5O2S. The number of carbonyl (C=O) groups is 1. The second kappa shape index (κ2) is 8.16. The zero-order chi connectivity index (χ0) is 20.4. The van der Waals surface area contributed by atoms with Crippen LogP contribution in [-0.4, -0.2) is 20.9 Å². The third kappa shape index (κ3) is 4.54. The van der Waals surface area contributed by atoms with Gasteiger partial charge in [-0.05, 0) is 55.4 Å². The Morgan fingerprint density at radius 3 is 2.97 bits per heavy atom. The van der Waals surface area contributed by atoms with Gasteiger partial charge in [0.05, 0.1) is 0 Å². The molecular weight excluding hydrogens is 386 g/mol. The van der Waals surface area contributed by atoms with E-state index in [4.69, 9.17) is 10.5 Å². The summed E-state index contributed by atoms with van der Waals surface area (Å²) in [6, 6.07) is 9.75. The predicted molar refractivity (Wildman–Crippen MR) is 113 cm³/mol. The number of para-hydroxylation sites is 1. The highest BCUT2D eigenvalue weighted by atomic mass is 32.1. The Hall–Kier alpha value is -3.00. The molecule has 1 aliphatic carbocycles. The summed E-state index contributed by atoms with van der Waals surface area (Å²) in [4.78, 5) is 26.9. The highest BCUT2D eigenvalue weighted by molar-refractivity contribution is 7.14. The van der Waals surface area contributed by atoms with E-state index in [0.717, 1.165) is 24.1 Å². The van der Waals surface area contributed by atoms with Gasteiger partial charge in [0.25, 0.3) is 0 Å². The van der Waals surface area contributed by atoms with E-state index in [9.17, 15) is 4.79 Å². The molecule has 1 aromatic carbocycles.